The molecule has 0 unspecified atom stereocenters. The number of amides is 2. The lowest BCUT2D eigenvalue weighted by Crippen LogP contribution is -2.47. The number of likely N-dealkylation sites (tertiary alicyclic amines) is 1. The molecule has 4 rings (SSSR count). The predicted molar refractivity (Wildman–Crippen MR) is 138 cm³/mol. The van der Waals surface area contributed by atoms with E-state index < -0.39 is 24.2 Å². The van der Waals surface area contributed by atoms with E-state index in [1.807, 2.05) is 58.0 Å². The Kier molecular flexibility index (Phi) is 7.76. The van der Waals surface area contributed by atoms with Crippen molar-refractivity contribution in [1.29, 1.82) is 0 Å². The van der Waals surface area contributed by atoms with Gasteiger partial charge in [-0.05, 0) is 42.5 Å². The highest BCUT2D eigenvalue weighted by molar-refractivity contribution is 5.89. The number of halogens is 2. The van der Waals surface area contributed by atoms with Gasteiger partial charge in [-0.1, -0.05) is 56.3 Å². The number of nitrogens with zero attached hydrogens (tertiary/aromatic N) is 3. The van der Waals surface area contributed by atoms with Gasteiger partial charge >= 0.3 is 0 Å². The van der Waals surface area contributed by atoms with Crippen molar-refractivity contribution >= 4 is 11.8 Å². The van der Waals surface area contributed by atoms with Crippen molar-refractivity contribution in [3.05, 3.63) is 88.0 Å². The molecule has 0 spiro atoms. The fraction of sp³-hybridized carbons (Fsp3) is 0.414. The van der Waals surface area contributed by atoms with Gasteiger partial charge in [-0.2, -0.15) is 5.10 Å². The molecule has 37 heavy (non-hydrogen) atoms. The van der Waals surface area contributed by atoms with Crippen molar-refractivity contribution in [1.82, 2.24) is 20.0 Å². The molecule has 0 aliphatic carbocycles. The summed E-state index contributed by atoms with van der Waals surface area (Å²) in [5, 5.41) is 7.33. The number of hydrogen-bond donors (Lipinski definition) is 1. The van der Waals surface area contributed by atoms with Gasteiger partial charge in [-0.15, -0.1) is 0 Å². The molecule has 1 aromatic heterocycles. The minimum absolute atomic E-state index is 0.0189. The first kappa shape index (κ1) is 26.5. The van der Waals surface area contributed by atoms with E-state index in [1.54, 1.807) is 23.9 Å². The summed E-state index contributed by atoms with van der Waals surface area (Å²) in [5.41, 5.74) is 4.32. The van der Waals surface area contributed by atoms with Crippen LogP contribution >= 0.6 is 0 Å². The van der Waals surface area contributed by atoms with Crippen LogP contribution in [0, 0.1) is 19.7 Å². The number of benzene rings is 2. The van der Waals surface area contributed by atoms with Crippen molar-refractivity contribution in [2.45, 2.75) is 64.7 Å². The average Bonchev–Trinajstić information content (AvgIpc) is 3.37. The van der Waals surface area contributed by atoms with Crippen LogP contribution in [0.3, 0.4) is 0 Å². The van der Waals surface area contributed by atoms with E-state index in [4.69, 9.17) is 0 Å². The van der Waals surface area contributed by atoms with Crippen LogP contribution in [0.15, 0.2) is 48.5 Å². The van der Waals surface area contributed by atoms with E-state index >= 15 is 0 Å². The summed E-state index contributed by atoms with van der Waals surface area (Å²) in [7, 11) is 1.81. The molecule has 3 atom stereocenters. The lowest BCUT2D eigenvalue weighted by Gasteiger charge is -2.27. The van der Waals surface area contributed by atoms with Gasteiger partial charge < -0.3 is 10.2 Å². The normalized spacial score (nSPS) is 18.3. The molecule has 1 saturated heterocycles. The lowest BCUT2D eigenvalue weighted by atomic mass is 9.94. The van der Waals surface area contributed by atoms with Gasteiger partial charge in [-0.25, -0.2) is 8.78 Å². The molecule has 1 N–H and O–H groups in total. The Morgan fingerprint density at radius 1 is 1.11 bits per heavy atom. The smallest absolute Gasteiger partial charge is 0.243 e. The molecule has 6 nitrogen and oxygen atoms in total. The van der Waals surface area contributed by atoms with E-state index in [2.05, 4.69) is 10.4 Å². The Morgan fingerprint density at radius 3 is 2.41 bits per heavy atom. The van der Waals surface area contributed by atoms with Crippen LogP contribution in [0.5, 0.6) is 0 Å². The monoisotopic (exact) mass is 508 g/mol. The number of nitrogens with one attached hydrogen (secondary N) is 1. The highest BCUT2D eigenvalue weighted by Gasteiger charge is 2.40. The highest BCUT2D eigenvalue weighted by atomic mass is 19.1. The van der Waals surface area contributed by atoms with Crippen LogP contribution in [-0.4, -0.2) is 45.3 Å². The summed E-state index contributed by atoms with van der Waals surface area (Å²) in [6.45, 7) is 7.41. The molecule has 1 aliphatic rings. The molecule has 196 valence electrons. The van der Waals surface area contributed by atoms with Gasteiger partial charge in [0.05, 0.1) is 24.7 Å². The molecular weight excluding hydrogens is 474 g/mol. The predicted octanol–water partition coefficient (Wildman–Crippen LogP) is 4.69. The number of aryl methyl sites for hydroxylation is 2. The van der Waals surface area contributed by atoms with E-state index in [1.165, 1.54) is 11.0 Å². The molecule has 8 heteroatoms. The Labute approximate surface area is 216 Å². The number of carbonyl (C=O) groups excluding carboxylic acids is 2. The molecule has 2 amide bonds. The number of hydrogen-bond acceptors (Lipinski definition) is 3. The first-order valence-electron chi connectivity index (χ1n) is 12.6. The Hall–Kier alpha value is -3.55. The van der Waals surface area contributed by atoms with Crippen molar-refractivity contribution in [2.24, 2.45) is 7.05 Å². The molecule has 3 aromatic rings. The summed E-state index contributed by atoms with van der Waals surface area (Å²) in [6, 6.07) is 12.6. The standard InChI is InChI=1S/C29H34F2N4O2/c1-17(2)23-12-11-21(13-25(23)31)28(20-9-7-6-8-10-20)32-29(37)26-14-22(30)16-35(26)27(36)15-24-18(3)33-34(5)19(24)4/h6-13,17,22,26,28H,14-16H2,1-5H3,(H,32,37)/t22-,26+,28+/m1/s1. The molecule has 1 fully saturated rings. The van der Waals surface area contributed by atoms with Gasteiger partial charge in [0.15, 0.2) is 0 Å². The maximum absolute atomic E-state index is 14.9. The highest BCUT2D eigenvalue weighted by Crippen LogP contribution is 2.29. The maximum atomic E-state index is 14.9. The second kappa shape index (κ2) is 10.8. The Morgan fingerprint density at radius 2 is 1.81 bits per heavy atom. The number of aromatic nitrogens is 2. The van der Waals surface area contributed by atoms with Crippen LogP contribution in [0.2, 0.25) is 0 Å². The summed E-state index contributed by atoms with van der Waals surface area (Å²) >= 11 is 0. The fourth-order valence-corrected chi connectivity index (χ4v) is 5.07. The van der Waals surface area contributed by atoms with Crippen molar-refractivity contribution in [2.75, 3.05) is 6.54 Å². The molecular formula is C29H34F2N4O2. The molecule has 0 radical (unpaired) electrons. The summed E-state index contributed by atoms with van der Waals surface area (Å²) in [6.07, 6.45) is -1.33. The number of rotatable bonds is 7. The molecule has 2 aromatic carbocycles. The van der Waals surface area contributed by atoms with Crippen molar-refractivity contribution in [3.63, 3.8) is 0 Å². The SMILES string of the molecule is Cc1nn(C)c(C)c1CC(=O)N1C[C@H](F)C[C@H]1C(=O)N[C@@H](c1ccccc1)c1ccc(C(C)C)c(F)c1. The van der Waals surface area contributed by atoms with E-state index in [0.29, 0.717) is 11.1 Å². The van der Waals surface area contributed by atoms with Gasteiger partial charge in [0, 0.05) is 24.7 Å². The summed E-state index contributed by atoms with van der Waals surface area (Å²) in [4.78, 5) is 28.1. The number of carbonyl (C=O) groups is 2. The maximum Gasteiger partial charge on any atom is 0.243 e. The first-order chi connectivity index (χ1) is 17.6. The molecule has 1 aliphatic heterocycles. The zero-order valence-corrected chi connectivity index (χ0v) is 22.0. The zero-order valence-electron chi connectivity index (χ0n) is 22.0. The first-order valence-corrected chi connectivity index (χ1v) is 12.6. The Bertz CT molecular complexity index is 1290. The second-order valence-electron chi connectivity index (χ2n) is 10.1. The lowest BCUT2D eigenvalue weighted by molar-refractivity contribution is -0.138. The fourth-order valence-electron chi connectivity index (χ4n) is 5.07. The van der Waals surface area contributed by atoms with Crippen LogP contribution in [-0.2, 0) is 23.1 Å². The van der Waals surface area contributed by atoms with Gasteiger partial charge in [0.2, 0.25) is 11.8 Å². The van der Waals surface area contributed by atoms with Gasteiger partial charge in [0.25, 0.3) is 0 Å². The number of alkyl halides is 1. The summed E-state index contributed by atoms with van der Waals surface area (Å²) in [5.74, 6) is -1.10. The van der Waals surface area contributed by atoms with E-state index in [9.17, 15) is 18.4 Å². The molecule has 0 bridgehead atoms. The summed E-state index contributed by atoms with van der Waals surface area (Å²) < 4.78 is 31.2. The third-order valence-corrected chi connectivity index (χ3v) is 7.26. The van der Waals surface area contributed by atoms with Crippen LogP contribution < -0.4 is 5.32 Å². The largest absolute Gasteiger partial charge is 0.343 e. The molecule has 2 heterocycles. The van der Waals surface area contributed by atoms with Crippen LogP contribution in [0.1, 0.15) is 65.9 Å². The van der Waals surface area contributed by atoms with Gasteiger partial charge in [-0.3, -0.25) is 14.3 Å². The molecule has 0 saturated carbocycles. The third kappa shape index (κ3) is 5.58. The minimum atomic E-state index is -1.30. The quantitative estimate of drug-likeness (QED) is 0.504. The topological polar surface area (TPSA) is 67.2 Å². The van der Waals surface area contributed by atoms with Crippen LogP contribution in [0.25, 0.3) is 0 Å². The third-order valence-electron chi connectivity index (χ3n) is 7.26. The van der Waals surface area contributed by atoms with E-state index in [0.717, 1.165) is 22.5 Å². The minimum Gasteiger partial charge on any atom is -0.343 e. The van der Waals surface area contributed by atoms with E-state index in [-0.39, 0.29) is 37.0 Å². The van der Waals surface area contributed by atoms with Crippen LogP contribution in [0.4, 0.5) is 8.78 Å². The zero-order chi connectivity index (χ0) is 26.9. The van der Waals surface area contributed by atoms with Gasteiger partial charge in [0.1, 0.15) is 18.0 Å². The average molecular weight is 509 g/mol. The van der Waals surface area contributed by atoms with Crippen molar-refractivity contribution < 1.29 is 18.4 Å². The van der Waals surface area contributed by atoms with Crippen molar-refractivity contribution in [3.8, 4) is 0 Å². The second-order valence-corrected chi connectivity index (χ2v) is 10.1. The Balaban J connectivity index is 1.59.